The lowest BCUT2D eigenvalue weighted by Gasteiger charge is -1.93. The Morgan fingerprint density at radius 1 is 0.875 bits per heavy atom. The quantitative estimate of drug-likeness (QED) is 0.135. The van der Waals surface area contributed by atoms with Gasteiger partial charge in [0, 0.05) is 6.42 Å². The van der Waals surface area contributed by atoms with Crippen LogP contribution in [0.3, 0.4) is 0 Å². The highest BCUT2D eigenvalue weighted by molar-refractivity contribution is 5.49. The molecule has 0 unspecified atom stereocenters. The van der Waals surface area contributed by atoms with Crippen molar-refractivity contribution < 1.29 is 9.72 Å². The van der Waals surface area contributed by atoms with E-state index in [1.165, 1.54) is 0 Å². The molecule has 0 saturated heterocycles. The van der Waals surface area contributed by atoms with Crippen molar-refractivity contribution in [1.82, 2.24) is 0 Å². The summed E-state index contributed by atoms with van der Waals surface area (Å²) in [6.45, 7) is 2.10. The Morgan fingerprint density at radius 2 is 1.50 bits per heavy atom. The second kappa shape index (κ2) is 17.1. The Kier molecular flexibility index (Phi) is 15.5. The molecule has 0 fully saturated rings. The molecule has 0 aromatic rings. The zero-order valence-electron chi connectivity index (χ0n) is 14.6. The number of rotatable bonds is 14. The number of allylic oxidation sites excluding steroid dienone is 9. The summed E-state index contributed by atoms with van der Waals surface area (Å²) in [5, 5.41) is 11.0. The highest BCUT2D eigenvalue weighted by Crippen LogP contribution is 2.07. The van der Waals surface area contributed by atoms with E-state index in [1.54, 1.807) is 6.08 Å². The second-order valence-corrected chi connectivity index (χ2v) is 5.26. The van der Waals surface area contributed by atoms with Gasteiger partial charge in [0.25, 0.3) is 0 Å². The highest BCUT2D eigenvalue weighted by Gasteiger charge is 2.06. The number of carbonyl (C=O) groups is 1. The molecule has 0 aromatic heterocycles. The maximum absolute atomic E-state index is 11.0. The van der Waals surface area contributed by atoms with Crippen molar-refractivity contribution in [2.24, 2.45) is 0 Å². The average Bonchev–Trinajstić information content (AvgIpc) is 2.57. The van der Waals surface area contributed by atoms with Crippen molar-refractivity contribution in [2.45, 2.75) is 58.3 Å². The number of hydrogen-bond acceptors (Lipinski definition) is 3. The first-order chi connectivity index (χ1) is 11.7. The van der Waals surface area contributed by atoms with E-state index in [0.29, 0.717) is 19.3 Å². The van der Waals surface area contributed by atoms with Crippen molar-refractivity contribution >= 4 is 6.29 Å². The van der Waals surface area contributed by atoms with E-state index in [0.717, 1.165) is 38.4 Å². The minimum absolute atomic E-state index is 0.221. The first-order valence-corrected chi connectivity index (χ1v) is 8.59. The van der Waals surface area contributed by atoms with Gasteiger partial charge in [-0.15, -0.1) is 0 Å². The molecule has 0 aliphatic heterocycles. The molecular formula is C20H29NO3. The van der Waals surface area contributed by atoms with Gasteiger partial charge in [-0.25, -0.2) is 0 Å². The Balaban J connectivity index is 4.08. The number of nitrogens with zero attached hydrogens (tertiary/aromatic N) is 1. The van der Waals surface area contributed by atoms with E-state index in [4.69, 9.17) is 0 Å². The van der Waals surface area contributed by atoms with Crippen LogP contribution in [-0.2, 0) is 4.79 Å². The van der Waals surface area contributed by atoms with Crippen molar-refractivity contribution in [2.75, 3.05) is 0 Å². The van der Waals surface area contributed by atoms with Crippen molar-refractivity contribution in [3.63, 3.8) is 0 Å². The van der Waals surface area contributed by atoms with Gasteiger partial charge < -0.3 is 4.79 Å². The van der Waals surface area contributed by atoms with Crippen LogP contribution in [0.2, 0.25) is 0 Å². The maximum atomic E-state index is 11.0. The molecule has 0 rings (SSSR count). The Hall–Kier alpha value is -2.23. The fourth-order valence-corrected chi connectivity index (χ4v) is 1.88. The molecule has 132 valence electrons. The monoisotopic (exact) mass is 331 g/mol. The fraction of sp³-hybridized carbons (Fsp3) is 0.450. The van der Waals surface area contributed by atoms with Crippen LogP contribution in [0.4, 0.5) is 0 Å². The summed E-state index contributed by atoms with van der Waals surface area (Å²) in [7, 11) is 0. The van der Waals surface area contributed by atoms with E-state index >= 15 is 0 Å². The van der Waals surface area contributed by atoms with Crippen LogP contribution >= 0.6 is 0 Å². The summed E-state index contributed by atoms with van der Waals surface area (Å²) in [5.41, 5.74) is 0.221. The first-order valence-electron chi connectivity index (χ1n) is 8.59. The largest absolute Gasteiger partial charge is 0.303 e. The zero-order valence-corrected chi connectivity index (χ0v) is 14.6. The van der Waals surface area contributed by atoms with Crippen LogP contribution in [-0.4, -0.2) is 11.2 Å². The van der Waals surface area contributed by atoms with Crippen LogP contribution in [0.1, 0.15) is 58.3 Å². The van der Waals surface area contributed by atoms with E-state index in [9.17, 15) is 14.9 Å². The number of unbranched alkanes of at least 4 members (excludes halogenated alkanes) is 2. The Labute approximate surface area is 145 Å². The molecule has 0 N–H and O–H groups in total. The number of carbonyl (C=O) groups excluding carboxylic acids is 1. The van der Waals surface area contributed by atoms with Crippen LogP contribution < -0.4 is 0 Å². The molecule has 0 saturated carbocycles. The lowest BCUT2D eigenvalue weighted by atomic mass is 10.2. The van der Waals surface area contributed by atoms with Gasteiger partial charge in [-0.3, -0.25) is 10.1 Å². The predicted octanol–water partition coefficient (Wildman–Crippen LogP) is 5.71. The van der Waals surface area contributed by atoms with Crippen molar-refractivity contribution in [3.05, 3.63) is 70.5 Å². The third-order valence-corrected chi connectivity index (χ3v) is 3.19. The van der Waals surface area contributed by atoms with Gasteiger partial charge >= 0.3 is 0 Å². The lowest BCUT2D eigenvalue weighted by molar-refractivity contribution is -0.427. The molecule has 0 aliphatic carbocycles. The van der Waals surface area contributed by atoms with Gasteiger partial charge in [-0.1, -0.05) is 55.5 Å². The zero-order chi connectivity index (χ0) is 17.9. The molecule has 0 atom stereocenters. The predicted molar refractivity (Wildman–Crippen MR) is 100 cm³/mol. The normalized spacial score (nSPS) is 13.0. The number of aldehydes is 1. The first kappa shape index (κ1) is 21.8. The number of hydrogen-bond donors (Lipinski definition) is 0. The third-order valence-electron chi connectivity index (χ3n) is 3.19. The molecule has 4 heteroatoms. The summed E-state index contributed by atoms with van der Waals surface area (Å²) in [4.78, 5) is 20.8. The van der Waals surface area contributed by atoms with E-state index in [-0.39, 0.29) is 10.6 Å². The van der Waals surface area contributed by atoms with E-state index in [2.05, 4.69) is 31.2 Å². The molecule has 0 aromatic carbocycles. The second-order valence-electron chi connectivity index (χ2n) is 5.26. The van der Waals surface area contributed by atoms with Gasteiger partial charge in [0.2, 0.25) is 5.70 Å². The molecule has 24 heavy (non-hydrogen) atoms. The number of nitro groups is 1. The molecule has 0 radical (unpaired) electrons. The summed E-state index contributed by atoms with van der Waals surface area (Å²) >= 11 is 0. The minimum Gasteiger partial charge on any atom is -0.303 e. The van der Waals surface area contributed by atoms with Crippen molar-refractivity contribution in [3.8, 4) is 0 Å². The fourth-order valence-electron chi connectivity index (χ4n) is 1.88. The highest BCUT2D eigenvalue weighted by atomic mass is 16.6. The Bertz CT molecular complexity index is 485. The average molecular weight is 331 g/mol. The van der Waals surface area contributed by atoms with Crippen molar-refractivity contribution in [1.29, 1.82) is 0 Å². The molecule has 0 aliphatic rings. The summed E-state index contributed by atoms with van der Waals surface area (Å²) in [5.74, 6) is 0. The molecule has 0 spiro atoms. The lowest BCUT2D eigenvalue weighted by Crippen LogP contribution is -1.97. The van der Waals surface area contributed by atoms with Gasteiger partial charge in [0.15, 0.2) is 0 Å². The van der Waals surface area contributed by atoms with Crippen LogP contribution in [0.25, 0.3) is 0 Å². The van der Waals surface area contributed by atoms with Gasteiger partial charge in [0.1, 0.15) is 6.29 Å². The topological polar surface area (TPSA) is 60.2 Å². The maximum Gasteiger partial charge on any atom is 0.246 e. The summed E-state index contributed by atoms with van der Waals surface area (Å²) < 4.78 is 0. The van der Waals surface area contributed by atoms with Crippen LogP contribution in [0.5, 0.6) is 0 Å². The minimum atomic E-state index is -0.323. The van der Waals surface area contributed by atoms with E-state index in [1.807, 2.05) is 24.3 Å². The van der Waals surface area contributed by atoms with Gasteiger partial charge in [0.05, 0.1) is 11.3 Å². The SMILES string of the molecule is CC/C=C\C/C=C\C/C=C\C/C(=C\C/C=C\CCCC=O)[N+](=O)[O-]. The molecule has 0 bridgehead atoms. The molecular weight excluding hydrogens is 302 g/mol. The van der Waals surface area contributed by atoms with Gasteiger partial charge in [-0.05, 0) is 44.6 Å². The summed E-state index contributed by atoms with van der Waals surface area (Å²) in [6.07, 6.45) is 24.5. The molecule has 0 heterocycles. The van der Waals surface area contributed by atoms with Gasteiger partial charge in [-0.2, -0.15) is 0 Å². The standard InChI is InChI=1S/C20H29NO3/c1-2-3-4-5-6-7-8-11-14-17-20(21(23)24)18-15-12-9-10-13-16-19-22/h3-4,6-7,9,11-12,14,18-19H,2,5,8,10,13,15-17H2,1H3/b4-3-,7-6-,12-9-,14-11-,20-18+. The van der Waals surface area contributed by atoms with Crippen LogP contribution in [0.15, 0.2) is 60.4 Å². The van der Waals surface area contributed by atoms with Crippen LogP contribution in [0, 0.1) is 10.1 Å². The third kappa shape index (κ3) is 14.7. The smallest absolute Gasteiger partial charge is 0.246 e. The molecule has 4 nitrogen and oxygen atoms in total. The van der Waals surface area contributed by atoms with E-state index < -0.39 is 0 Å². The Morgan fingerprint density at radius 3 is 2.12 bits per heavy atom. The summed E-state index contributed by atoms with van der Waals surface area (Å²) in [6, 6.07) is 0. The molecule has 0 amide bonds.